The molecule has 0 N–H and O–H groups in total. The van der Waals surface area contributed by atoms with Crippen molar-refractivity contribution in [3.8, 4) is 11.1 Å². The molecule has 3 aliphatic rings. The Kier molecular flexibility index (Phi) is 5.61. The average Bonchev–Trinajstić information content (AvgIpc) is 3.30. The monoisotopic (exact) mass is 446 g/mol. The van der Waals surface area contributed by atoms with Gasteiger partial charge in [0.25, 0.3) is 0 Å². The molecular formula is C25H28Cl2Ti. The summed E-state index contributed by atoms with van der Waals surface area (Å²) < 4.78 is 5.61. The minimum Gasteiger partial charge on any atom is -1.00 e. The van der Waals surface area contributed by atoms with Crippen molar-refractivity contribution in [2.45, 2.75) is 48.3 Å². The normalized spacial score (nSPS) is 19.9. The predicted octanol–water partition coefficient (Wildman–Crippen LogP) is 1.42. The van der Waals surface area contributed by atoms with E-state index in [4.69, 9.17) is 0 Å². The number of allylic oxidation sites excluding steroid dienone is 4. The van der Waals surface area contributed by atoms with Gasteiger partial charge in [0, 0.05) is 0 Å². The smallest absolute Gasteiger partial charge is 1.00 e. The third kappa shape index (κ3) is 2.68. The molecule has 3 heteroatoms. The summed E-state index contributed by atoms with van der Waals surface area (Å²) in [5.41, 5.74) is 11.3. The molecule has 2 aliphatic carbocycles. The van der Waals surface area contributed by atoms with Crippen LogP contribution < -0.4 is 24.8 Å². The number of hydrogen-bond donors (Lipinski definition) is 0. The molecule has 1 saturated heterocycles. The summed E-state index contributed by atoms with van der Waals surface area (Å²) >= 11 is -2.18. The molecule has 0 unspecified atom stereocenters. The van der Waals surface area contributed by atoms with Crippen molar-refractivity contribution in [3.63, 3.8) is 0 Å². The Hall–Kier alpha value is -0.786. The molecule has 146 valence electrons. The van der Waals surface area contributed by atoms with Crippen molar-refractivity contribution < 1.29 is 41.4 Å². The van der Waals surface area contributed by atoms with E-state index in [9.17, 15) is 0 Å². The van der Waals surface area contributed by atoms with Gasteiger partial charge in [0.2, 0.25) is 0 Å². The first kappa shape index (κ1) is 21.9. The van der Waals surface area contributed by atoms with Crippen molar-refractivity contribution in [3.05, 3.63) is 80.3 Å². The van der Waals surface area contributed by atoms with E-state index in [1.54, 1.807) is 27.8 Å². The molecule has 0 saturated carbocycles. The van der Waals surface area contributed by atoms with E-state index >= 15 is 0 Å². The fourth-order valence-corrected chi connectivity index (χ4v) is 16.8. The number of rotatable bonds is 2. The van der Waals surface area contributed by atoms with E-state index in [-0.39, 0.29) is 30.2 Å². The van der Waals surface area contributed by atoms with Crippen LogP contribution in [0.25, 0.3) is 11.1 Å². The minimum atomic E-state index is -2.18. The molecule has 2 aromatic carbocycles. The van der Waals surface area contributed by atoms with Gasteiger partial charge in [-0.2, -0.15) is 0 Å². The molecule has 1 fully saturated rings. The van der Waals surface area contributed by atoms with Gasteiger partial charge in [0.05, 0.1) is 0 Å². The average molecular weight is 447 g/mol. The van der Waals surface area contributed by atoms with Gasteiger partial charge in [-0.25, -0.2) is 0 Å². The van der Waals surface area contributed by atoms with Crippen LogP contribution in [0.5, 0.6) is 0 Å². The molecule has 1 aliphatic heterocycles. The Bertz CT molecular complexity index is 963. The van der Waals surface area contributed by atoms with Crippen LogP contribution in [0.1, 0.15) is 50.0 Å². The van der Waals surface area contributed by atoms with E-state index in [0.717, 1.165) is 0 Å². The third-order valence-electron chi connectivity index (χ3n) is 7.74. The maximum absolute atomic E-state index is 2.50. The fourth-order valence-electron chi connectivity index (χ4n) is 6.16. The van der Waals surface area contributed by atoms with Crippen LogP contribution in [-0.2, 0) is 16.6 Å². The second-order valence-corrected chi connectivity index (χ2v) is 16.0. The quantitative estimate of drug-likeness (QED) is 0.612. The van der Waals surface area contributed by atoms with Gasteiger partial charge in [-0.15, -0.1) is 0 Å². The summed E-state index contributed by atoms with van der Waals surface area (Å²) in [4.78, 5) is 0. The van der Waals surface area contributed by atoms with Crippen LogP contribution in [0.15, 0.2) is 69.1 Å². The van der Waals surface area contributed by atoms with Gasteiger partial charge in [-0.3, -0.25) is 0 Å². The number of hydrogen-bond acceptors (Lipinski definition) is 0. The zero-order chi connectivity index (χ0) is 18.3. The first-order valence-electron chi connectivity index (χ1n) is 9.98. The fraction of sp³-hybridized carbons (Fsp3) is 0.360. The van der Waals surface area contributed by atoms with E-state index in [2.05, 4.69) is 83.1 Å². The Morgan fingerprint density at radius 1 is 0.750 bits per heavy atom. The molecule has 0 bridgehead atoms. The van der Waals surface area contributed by atoms with Crippen molar-refractivity contribution >= 4 is 0 Å². The first-order chi connectivity index (χ1) is 12.4. The molecule has 0 nitrogen and oxygen atoms in total. The Labute approximate surface area is 185 Å². The molecule has 0 amide bonds. The predicted molar refractivity (Wildman–Crippen MR) is 108 cm³/mol. The SMILES string of the molecule is CC1=C(C)C(C)(C)[C]([Ti+2]2([CH]3c4ccccc4-c4ccccc43)[CH2][CH2]2)=C1C.[Cl-].[Cl-]. The van der Waals surface area contributed by atoms with Crippen LogP contribution in [0.4, 0.5) is 0 Å². The van der Waals surface area contributed by atoms with Crippen molar-refractivity contribution in [1.29, 1.82) is 0 Å². The molecule has 2 aromatic rings. The molecule has 0 spiro atoms. The summed E-state index contributed by atoms with van der Waals surface area (Å²) in [7, 11) is 0. The van der Waals surface area contributed by atoms with E-state index in [1.165, 1.54) is 20.6 Å². The van der Waals surface area contributed by atoms with Crippen LogP contribution in [0, 0.1) is 5.41 Å². The summed E-state index contributed by atoms with van der Waals surface area (Å²) in [6, 6.07) is 18.5. The first-order valence-corrected chi connectivity index (χ1v) is 13.9. The van der Waals surface area contributed by atoms with Gasteiger partial charge < -0.3 is 24.8 Å². The molecule has 0 aromatic heterocycles. The van der Waals surface area contributed by atoms with Gasteiger partial charge in [0.15, 0.2) is 0 Å². The van der Waals surface area contributed by atoms with E-state index in [1.807, 2.05) is 3.88 Å². The Morgan fingerprint density at radius 3 is 1.61 bits per heavy atom. The second kappa shape index (κ2) is 7.17. The van der Waals surface area contributed by atoms with Crippen molar-refractivity contribution in [1.82, 2.24) is 0 Å². The number of halogens is 2. The van der Waals surface area contributed by atoms with E-state index < -0.39 is 16.6 Å². The molecular weight excluding hydrogens is 419 g/mol. The topological polar surface area (TPSA) is 0 Å². The van der Waals surface area contributed by atoms with Crippen LogP contribution in [0.2, 0.25) is 9.45 Å². The van der Waals surface area contributed by atoms with Gasteiger partial charge in [-0.05, 0) is 0 Å². The zero-order valence-electron chi connectivity index (χ0n) is 17.4. The largest absolute Gasteiger partial charge is 1.00 e. The van der Waals surface area contributed by atoms with Crippen LogP contribution in [0.3, 0.4) is 0 Å². The summed E-state index contributed by atoms with van der Waals surface area (Å²) in [6.45, 7) is 12.1. The molecule has 28 heavy (non-hydrogen) atoms. The van der Waals surface area contributed by atoms with Gasteiger partial charge in [-0.1, -0.05) is 0 Å². The Morgan fingerprint density at radius 2 is 1.21 bits per heavy atom. The zero-order valence-corrected chi connectivity index (χ0v) is 20.4. The third-order valence-corrected chi connectivity index (χ3v) is 16.0. The van der Waals surface area contributed by atoms with Crippen molar-refractivity contribution in [2.75, 3.05) is 0 Å². The maximum atomic E-state index is 2.50. The molecule has 5 rings (SSSR count). The standard InChI is InChI=1S/C13H9.C10H15.C2H4.2ClH.Ti/c1-3-7-12-10(5-1)9-11-6-2-4-8-13(11)12;1-7-6-10(4,5)9(3)8(7)2;1-2;;;/h1-9H;1-5H3;1-2H2;2*1H;/q;;;;;+2/p-2. The minimum absolute atomic E-state index is 0. The summed E-state index contributed by atoms with van der Waals surface area (Å²) in [6.07, 6.45) is 0. The van der Waals surface area contributed by atoms with Gasteiger partial charge >= 0.3 is 162 Å². The number of fused-ring (bicyclic) bond motifs is 3. The van der Waals surface area contributed by atoms with Gasteiger partial charge in [0.1, 0.15) is 0 Å². The van der Waals surface area contributed by atoms with Crippen LogP contribution >= 0.6 is 0 Å². The summed E-state index contributed by atoms with van der Waals surface area (Å²) in [5, 5.41) is 0. The summed E-state index contributed by atoms with van der Waals surface area (Å²) in [5.74, 6) is 0. The molecule has 0 atom stereocenters. The van der Waals surface area contributed by atoms with E-state index in [0.29, 0.717) is 4.22 Å². The molecule has 0 radical (unpaired) electrons. The second-order valence-electron chi connectivity index (χ2n) is 9.14. The Balaban J connectivity index is 0.00000112. The number of benzene rings is 2. The molecule has 1 heterocycles. The van der Waals surface area contributed by atoms with Crippen LogP contribution in [-0.4, -0.2) is 0 Å². The van der Waals surface area contributed by atoms with Crippen molar-refractivity contribution in [2.24, 2.45) is 5.41 Å². The maximum Gasteiger partial charge on any atom is -1.00 e.